The van der Waals surface area contributed by atoms with Gasteiger partial charge in [-0.15, -0.1) is 0 Å². The molecule has 0 heterocycles. The summed E-state index contributed by atoms with van der Waals surface area (Å²) >= 11 is 11.9. The molecule has 0 radical (unpaired) electrons. The van der Waals surface area contributed by atoms with Gasteiger partial charge < -0.3 is 0 Å². The maximum absolute atomic E-state index is 6.05. The van der Waals surface area contributed by atoms with Crippen molar-refractivity contribution in [2.45, 2.75) is 0 Å². The predicted molar refractivity (Wildman–Crippen MR) is 73.9 cm³/mol. The van der Waals surface area contributed by atoms with Crippen LogP contribution < -0.4 is 5.43 Å². The first-order valence-electron chi connectivity index (χ1n) is 5.06. The van der Waals surface area contributed by atoms with E-state index in [0.29, 0.717) is 10.2 Å². The van der Waals surface area contributed by atoms with Crippen molar-refractivity contribution in [2.24, 2.45) is 5.10 Å². The van der Waals surface area contributed by atoms with Crippen LogP contribution in [0.25, 0.3) is 0 Å². The van der Waals surface area contributed by atoms with Crippen molar-refractivity contribution in [1.29, 1.82) is 0 Å². The van der Waals surface area contributed by atoms with Gasteiger partial charge in [-0.25, -0.2) is 0 Å². The van der Waals surface area contributed by atoms with Crippen LogP contribution in [0.2, 0.25) is 5.02 Å². The van der Waals surface area contributed by atoms with Crippen LogP contribution in [-0.4, -0.2) is 5.17 Å². The van der Waals surface area contributed by atoms with Gasteiger partial charge in [0.25, 0.3) is 0 Å². The number of benzene rings is 2. The van der Waals surface area contributed by atoms with Crippen molar-refractivity contribution in [1.82, 2.24) is 0 Å². The molecule has 0 amide bonds. The number of nitrogens with one attached hydrogen (secondary N) is 1. The van der Waals surface area contributed by atoms with Crippen LogP contribution in [0.3, 0.4) is 0 Å². The number of rotatable bonds is 3. The Kier molecular flexibility index (Phi) is 4.02. The van der Waals surface area contributed by atoms with E-state index in [0.717, 1.165) is 11.3 Å². The molecule has 2 rings (SSSR count). The molecule has 0 saturated heterocycles. The standard InChI is InChI=1S/C13H10Cl2N2/c14-11-7-4-8-12(9-11)16-17-13(15)10-5-2-1-3-6-10/h1-9,16H/b17-13-. The Morgan fingerprint density at radius 3 is 2.47 bits per heavy atom. The van der Waals surface area contributed by atoms with Gasteiger partial charge in [0.05, 0.1) is 5.69 Å². The summed E-state index contributed by atoms with van der Waals surface area (Å²) < 4.78 is 0. The van der Waals surface area contributed by atoms with E-state index in [2.05, 4.69) is 10.5 Å². The van der Waals surface area contributed by atoms with E-state index in [1.54, 1.807) is 12.1 Å². The molecule has 0 atom stereocenters. The number of hydrazone groups is 1. The van der Waals surface area contributed by atoms with Crippen molar-refractivity contribution < 1.29 is 0 Å². The summed E-state index contributed by atoms with van der Waals surface area (Å²) in [6, 6.07) is 16.8. The van der Waals surface area contributed by atoms with Gasteiger partial charge in [-0.05, 0) is 18.2 Å². The lowest BCUT2D eigenvalue weighted by atomic mass is 10.2. The average Bonchev–Trinajstić information content (AvgIpc) is 2.37. The number of nitrogens with zero attached hydrogens (tertiary/aromatic N) is 1. The van der Waals surface area contributed by atoms with Crippen molar-refractivity contribution in [3.05, 3.63) is 65.2 Å². The first-order chi connectivity index (χ1) is 8.25. The molecule has 2 aromatic carbocycles. The summed E-state index contributed by atoms with van der Waals surface area (Å²) in [5, 5.41) is 5.14. The molecule has 17 heavy (non-hydrogen) atoms. The molecule has 2 nitrogen and oxygen atoms in total. The predicted octanol–water partition coefficient (Wildman–Crippen LogP) is 4.35. The summed E-state index contributed by atoms with van der Waals surface area (Å²) in [6.45, 7) is 0. The Labute approximate surface area is 110 Å². The van der Waals surface area contributed by atoms with Crippen LogP contribution >= 0.6 is 23.2 Å². The monoisotopic (exact) mass is 264 g/mol. The highest BCUT2D eigenvalue weighted by Gasteiger charge is 1.98. The first kappa shape index (κ1) is 12.0. The maximum Gasteiger partial charge on any atom is 0.156 e. The molecule has 4 heteroatoms. The molecule has 0 bridgehead atoms. The molecule has 0 unspecified atom stereocenters. The summed E-state index contributed by atoms with van der Waals surface area (Å²) in [4.78, 5) is 0. The molecular formula is C13H10Cl2N2. The summed E-state index contributed by atoms with van der Waals surface area (Å²) in [5.41, 5.74) is 4.52. The van der Waals surface area contributed by atoms with Gasteiger partial charge >= 0.3 is 0 Å². The zero-order valence-corrected chi connectivity index (χ0v) is 10.4. The molecule has 2 aromatic rings. The molecule has 0 aliphatic heterocycles. The van der Waals surface area contributed by atoms with Gasteiger partial charge in [0.2, 0.25) is 0 Å². The first-order valence-corrected chi connectivity index (χ1v) is 5.81. The zero-order valence-electron chi connectivity index (χ0n) is 8.90. The van der Waals surface area contributed by atoms with Gasteiger partial charge in [-0.3, -0.25) is 5.43 Å². The molecule has 0 saturated carbocycles. The lowest BCUT2D eigenvalue weighted by molar-refractivity contribution is 1.34. The fourth-order valence-electron chi connectivity index (χ4n) is 1.31. The van der Waals surface area contributed by atoms with Crippen molar-refractivity contribution in [3.63, 3.8) is 0 Å². The van der Waals surface area contributed by atoms with Gasteiger partial charge in [-0.2, -0.15) is 5.10 Å². The lowest BCUT2D eigenvalue weighted by Crippen LogP contribution is -1.96. The summed E-state index contributed by atoms with van der Waals surface area (Å²) in [7, 11) is 0. The average molecular weight is 265 g/mol. The maximum atomic E-state index is 6.05. The van der Waals surface area contributed by atoms with E-state index in [1.807, 2.05) is 42.5 Å². The highest BCUT2D eigenvalue weighted by Crippen LogP contribution is 2.15. The number of hydrogen-bond acceptors (Lipinski definition) is 2. The van der Waals surface area contributed by atoms with E-state index in [9.17, 15) is 0 Å². The second-order valence-corrected chi connectivity index (χ2v) is 4.19. The van der Waals surface area contributed by atoms with Gasteiger partial charge in [-0.1, -0.05) is 59.6 Å². The Morgan fingerprint density at radius 2 is 1.76 bits per heavy atom. The highest BCUT2D eigenvalue weighted by atomic mass is 35.5. The van der Waals surface area contributed by atoms with E-state index < -0.39 is 0 Å². The summed E-state index contributed by atoms with van der Waals surface area (Å²) in [6.07, 6.45) is 0. The molecule has 0 fully saturated rings. The lowest BCUT2D eigenvalue weighted by Gasteiger charge is -2.02. The second kappa shape index (κ2) is 5.71. The van der Waals surface area contributed by atoms with Crippen molar-refractivity contribution in [3.8, 4) is 0 Å². The Hall–Kier alpha value is -1.51. The summed E-state index contributed by atoms with van der Waals surface area (Å²) in [5.74, 6) is 0. The van der Waals surface area contributed by atoms with Gasteiger partial charge in [0.1, 0.15) is 0 Å². The Balaban J connectivity index is 2.11. The third-order valence-corrected chi connectivity index (χ3v) is 2.66. The van der Waals surface area contributed by atoms with Crippen LogP contribution in [-0.2, 0) is 0 Å². The normalized spacial score (nSPS) is 11.3. The van der Waals surface area contributed by atoms with Crippen LogP contribution in [0, 0.1) is 0 Å². The molecule has 0 spiro atoms. The quantitative estimate of drug-likeness (QED) is 0.647. The largest absolute Gasteiger partial charge is 0.277 e. The molecule has 1 N–H and O–H groups in total. The van der Waals surface area contributed by atoms with Crippen LogP contribution in [0.4, 0.5) is 5.69 Å². The minimum Gasteiger partial charge on any atom is -0.277 e. The van der Waals surface area contributed by atoms with Crippen LogP contribution in [0.5, 0.6) is 0 Å². The third kappa shape index (κ3) is 3.48. The molecule has 0 aliphatic rings. The highest BCUT2D eigenvalue weighted by molar-refractivity contribution is 6.69. The van der Waals surface area contributed by atoms with Crippen LogP contribution in [0.15, 0.2) is 59.7 Å². The minimum atomic E-state index is 0.408. The van der Waals surface area contributed by atoms with E-state index >= 15 is 0 Å². The fourth-order valence-corrected chi connectivity index (χ4v) is 1.67. The zero-order chi connectivity index (χ0) is 12.1. The third-order valence-electron chi connectivity index (χ3n) is 2.12. The Bertz CT molecular complexity index is 524. The molecule has 0 aliphatic carbocycles. The van der Waals surface area contributed by atoms with E-state index in [1.165, 1.54) is 0 Å². The van der Waals surface area contributed by atoms with Crippen LogP contribution in [0.1, 0.15) is 5.56 Å². The topological polar surface area (TPSA) is 24.4 Å². The minimum absolute atomic E-state index is 0.408. The molecular weight excluding hydrogens is 255 g/mol. The number of halogens is 2. The smallest absolute Gasteiger partial charge is 0.156 e. The Morgan fingerprint density at radius 1 is 1.00 bits per heavy atom. The van der Waals surface area contributed by atoms with Gasteiger partial charge in [0, 0.05) is 10.6 Å². The number of hydrogen-bond donors (Lipinski definition) is 1. The second-order valence-electron chi connectivity index (χ2n) is 3.39. The fraction of sp³-hybridized carbons (Fsp3) is 0. The van der Waals surface area contributed by atoms with E-state index in [4.69, 9.17) is 23.2 Å². The van der Waals surface area contributed by atoms with E-state index in [-0.39, 0.29) is 0 Å². The molecule has 86 valence electrons. The van der Waals surface area contributed by atoms with Crippen molar-refractivity contribution >= 4 is 34.1 Å². The molecule has 0 aromatic heterocycles. The SMILES string of the molecule is Cl/C(=N\Nc1cccc(Cl)c1)c1ccccc1. The van der Waals surface area contributed by atoms with Gasteiger partial charge in [0.15, 0.2) is 5.17 Å². The number of anilines is 1. The van der Waals surface area contributed by atoms with Crippen molar-refractivity contribution in [2.75, 3.05) is 5.43 Å².